The Bertz CT molecular complexity index is 1100. The summed E-state index contributed by atoms with van der Waals surface area (Å²) in [6.07, 6.45) is 1.01. The first kappa shape index (κ1) is 26.9. The number of imidazole rings is 1. The van der Waals surface area contributed by atoms with Gasteiger partial charge < -0.3 is 33.8 Å². The molecule has 202 valence electrons. The summed E-state index contributed by atoms with van der Waals surface area (Å²) in [6, 6.07) is 7.23. The van der Waals surface area contributed by atoms with Gasteiger partial charge in [0.1, 0.15) is 0 Å². The number of rotatable bonds is 9. The predicted octanol–water partition coefficient (Wildman–Crippen LogP) is 2.15. The Morgan fingerprint density at radius 3 is 2.59 bits per heavy atom. The molecule has 2 atom stereocenters. The van der Waals surface area contributed by atoms with Crippen molar-refractivity contribution in [2.75, 3.05) is 59.7 Å². The fourth-order valence-corrected chi connectivity index (χ4v) is 5.35. The van der Waals surface area contributed by atoms with Gasteiger partial charge in [0, 0.05) is 53.0 Å². The standard InChI is InChI=1S/C26H37N5O6/c1-3-30(20-16-19(17-29(18-20)26(34)35)24(32)28-11-14-37-15-12-28)25(33)23-27-21-8-4-5-9-22(21)31(23)10-6-7-13-36-2/h4-5,8-9,19-20H,3,6-7,10-18H2,1-2H3,(H,34,35)/t19-,20+/m1/s1. The average molecular weight is 516 g/mol. The van der Waals surface area contributed by atoms with Crippen molar-refractivity contribution in [3.8, 4) is 0 Å². The van der Waals surface area contributed by atoms with Crippen LogP contribution in [0.3, 0.4) is 0 Å². The van der Waals surface area contributed by atoms with Crippen LogP contribution in [0.2, 0.25) is 0 Å². The maximum absolute atomic E-state index is 13.9. The van der Waals surface area contributed by atoms with E-state index < -0.39 is 18.1 Å². The lowest BCUT2D eigenvalue weighted by molar-refractivity contribution is -0.142. The summed E-state index contributed by atoms with van der Waals surface area (Å²) in [5, 5.41) is 9.81. The number of hydrogen-bond acceptors (Lipinski definition) is 6. The number of likely N-dealkylation sites (N-methyl/N-ethyl adjacent to an activating group) is 1. The van der Waals surface area contributed by atoms with E-state index in [1.54, 1.807) is 16.9 Å². The van der Waals surface area contributed by atoms with Crippen LogP contribution in [0.15, 0.2) is 24.3 Å². The van der Waals surface area contributed by atoms with Gasteiger partial charge in [0.15, 0.2) is 5.82 Å². The summed E-state index contributed by atoms with van der Waals surface area (Å²) in [5.74, 6) is -0.500. The van der Waals surface area contributed by atoms with Crippen molar-refractivity contribution in [3.05, 3.63) is 30.1 Å². The number of carbonyl (C=O) groups is 3. The van der Waals surface area contributed by atoms with Crippen molar-refractivity contribution >= 4 is 28.9 Å². The highest BCUT2D eigenvalue weighted by Crippen LogP contribution is 2.26. The van der Waals surface area contributed by atoms with Gasteiger partial charge in [0.2, 0.25) is 5.91 Å². The lowest BCUT2D eigenvalue weighted by Crippen LogP contribution is -2.57. The first-order valence-corrected chi connectivity index (χ1v) is 13.0. The Balaban J connectivity index is 1.59. The number of methoxy groups -OCH3 is 1. The highest BCUT2D eigenvalue weighted by Gasteiger charge is 2.40. The number of aromatic nitrogens is 2. The SMILES string of the molecule is CCN(C(=O)c1nc2ccccc2n1CCCCOC)[C@H]1C[C@@H](C(=O)N2CCOCC2)CN(C(=O)O)C1. The zero-order chi connectivity index (χ0) is 26.4. The zero-order valence-corrected chi connectivity index (χ0v) is 21.7. The normalized spacial score (nSPS) is 20.3. The Hall–Kier alpha value is -3.18. The van der Waals surface area contributed by atoms with Crippen LogP contribution in [0.1, 0.15) is 36.8 Å². The molecule has 0 spiro atoms. The molecule has 37 heavy (non-hydrogen) atoms. The maximum atomic E-state index is 13.9. The number of amides is 3. The number of para-hydroxylation sites is 2. The predicted molar refractivity (Wildman–Crippen MR) is 136 cm³/mol. The monoisotopic (exact) mass is 515 g/mol. The molecule has 11 nitrogen and oxygen atoms in total. The zero-order valence-electron chi connectivity index (χ0n) is 21.7. The summed E-state index contributed by atoms with van der Waals surface area (Å²) >= 11 is 0. The number of piperidine rings is 1. The van der Waals surface area contributed by atoms with E-state index in [-0.39, 0.29) is 24.9 Å². The summed E-state index contributed by atoms with van der Waals surface area (Å²) in [4.78, 5) is 48.6. The molecule has 4 rings (SSSR count). The molecule has 0 saturated carbocycles. The van der Waals surface area contributed by atoms with Gasteiger partial charge in [-0.25, -0.2) is 9.78 Å². The third-order valence-corrected chi connectivity index (χ3v) is 7.24. The molecule has 0 radical (unpaired) electrons. The fraction of sp³-hybridized carbons (Fsp3) is 0.615. The minimum atomic E-state index is -1.08. The first-order valence-electron chi connectivity index (χ1n) is 13.0. The van der Waals surface area contributed by atoms with Crippen molar-refractivity contribution in [1.82, 2.24) is 24.3 Å². The van der Waals surface area contributed by atoms with E-state index in [1.807, 2.05) is 35.8 Å². The molecule has 2 aliphatic rings. The number of hydrogen-bond donors (Lipinski definition) is 1. The molecular weight excluding hydrogens is 478 g/mol. The van der Waals surface area contributed by atoms with Crippen LogP contribution in [0.5, 0.6) is 0 Å². The average Bonchev–Trinajstić information content (AvgIpc) is 3.30. The van der Waals surface area contributed by atoms with Gasteiger partial charge in [0.05, 0.1) is 36.2 Å². The third-order valence-electron chi connectivity index (χ3n) is 7.24. The molecule has 0 aliphatic carbocycles. The molecule has 3 amide bonds. The molecule has 2 saturated heterocycles. The summed E-state index contributed by atoms with van der Waals surface area (Å²) < 4.78 is 12.5. The Kier molecular flexibility index (Phi) is 8.99. The number of nitrogens with zero attached hydrogens (tertiary/aromatic N) is 5. The minimum Gasteiger partial charge on any atom is -0.465 e. The van der Waals surface area contributed by atoms with Crippen LogP contribution in [-0.4, -0.2) is 113 Å². The number of unbranched alkanes of at least 4 members (excludes halogenated alkanes) is 1. The number of likely N-dealkylation sites (tertiary alicyclic amines) is 1. The molecule has 0 bridgehead atoms. The second kappa shape index (κ2) is 12.4. The smallest absolute Gasteiger partial charge is 0.407 e. The largest absolute Gasteiger partial charge is 0.465 e. The molecule has 0 unspecified atom stereocenters. The van der Waals surface area contributed by atoms with Crippen molar-refractivity contribution < 1.29 is 29.0 Å². The van der Waals surface area contributed by atoms with E-state index in [4.69, 9.17) is 9.47 Å². The highest BCUT2D eigenvalue weighted by molar-refractivity contribution is 5.95. The van der Waals surface area contributed by atoms with E-state index in [0.717, 1.165) is 23.9 Å². The van der Waals surface area contributed by atoms with Crippen LogP contribution >= 0.6 is 0 Å². The lowest BCUT2D eigenvalue weighted by Gasteiger charge is -2.42. The van der Waals surface area contributed by atoms with Crippen LogP contribution in [0.25, 0.3) is 11.0 Å². The fourth-order valence-electron chi connectivity index (χ4n) is 5.35. The molecule has 1 aromatic heterocycles. The summed E-state index contributed by atoms with van der Waals surface area (Å²) in [7, 11) is 1.67. The second-order valence-electron chi connectivity index (χ2n) is 9.58. The molecule has 1 aromatic carbocycles. The van der Waals surface area contributed by atoms with Gasteiger partial charge in [-0.3, -0.25) is 9.59 Å². The van der Waals surface area contributed by atoms with Gasteiger partial charge in [0.25, 0.3) is 5.91 Å². The van der Waals surface area contributed by atoms with E-state index in [1.165, 1.54) is 4.90 Å². The van der Waals surface area contributed by atoms with Crippen molar-refractivity contribution in [3.63, 3.8) is 0 Å². The van der Waals surface area contributed by atoms with E-state index in [0.29, 0.717) is 58.2 Å². The quantitative estimate of drug-likeness (QED) is 0.509. The van der Waals surface area contributed by atoms with Gasteiger partial charge >= 0.3 is 6.09 Å². The number of carboxylic acid groups (broad SMARTS) is 1. The van der Waals surface area contributed by atoms with Gasteiger partial charge in [-0.15, -0.1) is 0 Å². The lowest BCUT2D eigenvalue weighted by atomic mass is 9.91. The van der Waals surface area contributed by atoms with Crippen molar-refractivity contribution in [2.24, 2.45) is 5.92 Å². The maximum Gasteiger partial charge on any atom is 0.407 e. The third kappa shape index (κ3) is 6.04. The van der Waals surface area contributed by atoms with E-state index >= 15 is 0 Å². The number of benzene rings is 1. The van der Waals surface area contributed by atoms with Crippen LogP contribution in [0, 0.1) is 5.92 Å². The molecule has 1 N–H and O–H groups in total. The molecular formula is C26H37N5O6. The minimum absolute atomic E-state index is 0.0758. The van der Waals surface area contributed by atoms with Gasteiger partial charge in [-0.2, -0.15) is 0 Å². The number of carbonyl (C=O) groups excluding carboxylic acids is 2. The van der Waals surface area contributed by atoms with E-state index in [2.05, 4.69) is 4.98 Å². The van der Waals surface area contributed by atoms with Crippen LogP contribution in [0.4, 0.5) is 4.79 Å². The van der Waals surface area contributed by atoms with E-state index in [9.17, 15) is 19.5 Å². The number of morpholine rings is 1. The first-order chi connectivity index (χ1) is 17.9. The number of fused-ring (bicyclic) bond motifs is 1. The summed E-state index contributed by atoms with van der Waals surface area (Å²) in [5.41, 5.74) is 1.63. The topological polar surface area (TPSA) is 117 Å². The molecule has 11 heteroatoms. The number of ether oxygens (including phenoxy) is 2. The van der Waals surface area contributed by atoms with Crippen molar-refractivity contribution in [1.29, 1.82) is 0 Å². The molecule has 2 aliphatic heterocycles. The van der Waals surface area contributed by atoms with Crippen molar-refractivity contribution in [2.45, 2.75) is 38.8 Å². The Morgan fingerprint density at radius 1 is 1.14 bits per heavy atom. The Labute approximate surface area is 216 Å². The molecule has 2 aromatic rings. The Morgan fingerprint density at radius 2 is 1.89 bits per heavy atom. The van der Waals surface area contributed by atoms with Crippen LogP contribution < -0.4 is 0 Å². The molecule has 3 heterocycles. The summed E-state index contributed by atoms with van der Waals surface area (Å²) in [6.45, 7) is 5.75. The highest BCUT2D eigenvalue weighted by atomic mass is 16.5. The number of aryl methyl sites for hydroxylation is 1. The molecule has 2 fully saturated rings. The van der Waals surface area contributed by atoms with Gasteiger partial charge in [-0.05, 0) is 38.3 Å². The van der Waals surface area contributed by atoms with Gasteiger partial charge in [-0.1, -0.05) is 12.1 Å². The second-order valence-corrected chi connectivity index (χ2v) is 9.58. The van der Waals surface area contributed by atoms with Crippen LogP contribution in [-0.2, 0) is 20.8 Å².